The van der Waals surface area contributed by atoms with Gasteiger partial charge in [0.2, 0.25) is 0 Å². The molecule has 6 heteroatoms. The van der Waals surface area contributed by atoms with Gasteiger partial charge in [0.15, 0.2) is 0 Å². The second-order valence-corrected chi connectivity index (χ2v) is 9.23. The van der Waals surface area contributed by atoms with Gasteiger partial charge in [-0.15, -0.1) is 0 Å². The number of amides is 1. The molecule has 1 saturated heterocycles. The summed E-state index contributed by atoms with van der Waals surface area (Å²) in [5, 5.41) is 20.5. The lowest BCUT2D eigenvalue weighted by Gasteiger charge is -2.31. The summed E-state index contributed by atoms with van der Waals surface area (Å²) in [6, 6.07) is 11.8. The average molecular weight is 450 g/mol. The van der Waals surface area contributed by atoms with E-state index in [1.807, 2.05) is 50.1 Å². The minimum Gasteiger partial charge on any atom is -0.396 e. The first-order valence-electron chi connectivity index (χ1n) is 11.0. The van der Waals surface area contributed by atoms with E-state index in [1.54, 1.807) is 0 Å². The number of piperidine rings is 1. The number of benzene rings is 2. The Kier molecular flexibility index (Phi) is 6.28. The van der Waals surface area contributed by atoms with Crippen LogP contribution in [0.25, 0.3) is 10.9 Å². The second-order valence-electron chi connectivity index (χ2n) is 8.83. The number of aryl methyl sites for hydroxylation is 2. The Balaban J connectivity index is 1.67. The maximum atomic E-state index is 13.2. The molecular formula is C26H28ClN3O2. The Morgan fingerprint density at radius 2 is 1.94 bits per heavy atom. The number of hydrogen-bond donors (Lipinski definition) is 1. The van der Waals surface area contributed by atoms with Gasteiger partial charge in [-0.3, -0.25) is 4.79 Å². The van der Waals surface area contributed by atoms with Crippen LogP contribution in [0.1, 0.15) is 51.1 Å². The van der Waals surface area contributed by atoms with E-state index in [9.17, 15) is 15.2 Å². The number of fused-ring (bicyclic) bond motifs is 1. The van der Waals surface area contributed by atoms with Crippen LogP contribution in [0.15, 0.2) is 30.3 Å². The van der Waals surface area contributed by atoms with Crippen molar-refractivity contribution in [3.8, 4) is 6.07 Å². The normalized spacial score (nSPS) is 14.7. The van der Waals surface area contributed by atoms with Crippen molar-refractivity contribution in [3.05, 3.63) is 68.9 Å². The highest BCUT2D eigenvalue weighted by Crippen LogP contribution is 2.31. The molecule has 2 aromatic carbocycles. The van der Waals surface area contributed by atoms with Crippen LogP contribution < -0.4 is 0 Å². The SMILES string of the molecule is Cc1c(C(=O)N2CCC(CO)CC2)ccc(Cl)c1Cc1cc2c(C)cc(C#N)cc2n1C. The lowest BCUT2D eigenvalue weighted by molar-refractivity contribution is 0.0650. The first-order valence-corrected chi connectivity index (χ1v) is 11.4. The van der Waals surface area contributed by atoms with Gasteiger partial charge in [0, 0.05) is 60.3 Å². The molecule has 1 aliphatic heterocycles. The predicted octanol–water partition coefficient (Wildman–Crippen LogP) is 4.76. The number of nitrogens with zero attached hydrogens (tertiary/aromatic N) is 3. The third kappa shape index (κ3) is 4.01. The first kappa shape index (κ1) is 22.4. The van der Waals surface area contributed by atoms with E-state index >= 15 is 0 Å². The molecule has 0 radical (unpaired) electrons. The van der Waals surface area contributed by atoms with Crippen molar-refractivity contribution in [2.24, 2.45) is 13.0 Å². The van der Waals surface area contributed by atoms with Crippen molar-refractivity contribution >= 4 is 28.4 Å². The second kappa shape index (κ2) is 8.97. The minimum absolute atomic E-state index is 0.0309. The number of carbonyl (C=O) groups is 1. The number of aliphatic hydroxyl groups excluding tert-OH is 1. The van der Waals surface area contributed by atoms with E-state index in [0.717, 1.165) is 46.1 Å². The molecule has 3 aromatic rings. The van der Waals surface area contributed by atoms with Gasteiger partial charge < -0.3 is 14.6 Å². The van der Waals surface area contributed by atoms with Crippen LogP contribution in [0.5, 0.6) is 0 Å². The van der Waals surface area contributed by atoms with E-state index in [0.29, 0.717) is 35.7 Å². The average Bonchev–Trinajstić information content (AvgIpc) is 3.12. The van der Waals surface area contributed by atoms with E-state index in [-0.39, 0.29) is 18.4 Å². The van der Waals surface area contributed by atoms with Crippen molar-refractivity contribution in [2.75, 3.05) is 19.7 Å². The zero-order chi connectivity index (χ0) is 23.0. The number of carbonyl (C=O) groups excluding carboxylic acids is 1. The third-order valence-corrected chi connectivity index (χ3v) is 7.24. The van der Waals surface area contributed by atoms with E-state index in [4.69, 9.17) is 11.6 Å². The smallest absolute Gasteiger partial charge is 0.254 e. The molecule has 4 rings (SSSR count). The van der Waals surface area contributed by atoms with E-state index < -0.39 is 0 Å². The Bertz CT molecular complexity index is 1230. The maximum Gasteiger partial charge on any atom is 0.254 e. The topological polar surface area (TPSA) is 69.3 Å². The summed E-state index contributed by atoms with van der Waals surface area (Å²) >= 11 is 6.60. The Labute approximate surface area is 193 Å². The number of halogens is 1. The molecule has 0 saturated carbocycles. The lowest BCUT2D eigenvalue weighted by Crippen LogP contribution is -2.39. The van der Waals surface area contributed by atoms with Crippen molar-refractivity contribution in [1.82, 2.24) is 9.47 Å². The molecule has 1 N–H and O–H groups in total. The fourth-order valence-corrected chi connectivity index (χ4v) is 5.01. The van der Waals surface area contributed by atoms with Gasteiger partial charge in [0.1, 0.15) is 0 Å². The Morgan fingerprint density at radius 1 is 1.22 bits per heavy atom. The summed E-state index contributed by atoms with van der Waals surface area (Å²) in [7, 11) is 2.00. The molecule has 2 heterocycles. The minimum atomic E-state index is 0.0309. The van der Waals surface area contributed by atoms with Crippen LogP contribution in [-0.2, 0) is 13.5 Å². The zero-order valence-corrected chi connectivity index (χ0v) is 19.5. The van der Waals surface area contributed by atoms with Gasteiger partial charge in [0.25, 0.3) is 5.91 Å². The standard InChI is InChI=1S/C26H28ClN3O2/c1-16-10-19(14-28)11-25-22(16)12-20(29(25)3)13-23-17(2)21(4-5-24(23)27)26(32)30-8-6-18(15-31)7-9-30/h4-5,10-12,18,31H,6-9,13,15H2,1-3H3. The summed E-state index contributed by atoms with van der Waals surface area (Å²) < 4.78 is 2.10. The molecule has 0 aliphatic carbocycles. The van der Waals surface area contributed by atoms with Crippen molar-refractivity contribution in [2.45, 2.75) is 33.1 Å². The molecule has 166 valence electrons. The largest absolute Gasteiger partial charge is 0.396 e. The molecule has 0 bridgehead atoms. The Hall–Kier alpha value is -2.81. The monoisotopic (exact) mass is 449 g/mol. The molecular weight excluding hydrogens is 422 g/mol. The predicted molar refractivity (Wildman–Crippen MR) is 127 cm³/mol. The van der Waals surface area contributed by atoms with Crippen LogP contribution in [0.2, 0.25) is 5.02 Å². The fraction of sp³-hybridized carbons (Fsp3) is 0.385. The lowest BCUT2D eigenvalue weighted by atomic mass is 9.95. The molecule has 0 spiro atoms. The maximum absolute atomic E-state index is 13.2. The number of nitriles is 1. The van der Waals surface area contributed by atoms with Crippen LogP contribution >= 0.6 is 11.6 Å². The van der Waals surface area contributed by atoms with E-state index in [2.05, 4.69) is 16.7 Å². The highest BCUT2D eigenvalue weighted by molar-refractivity contribution is 6.31. The van der Waals surface area contributed by atoms with Crippen LogP contribution in [0, 0.1) is 31.1 Å². The number of hydrogen-bond acceptors (Lipinski definition) is 3. The summed E-state index contributed by atoms with van der Waals surface area (Å²) in [5.74, 6) is 0.320. The van der Waals surface area contributed by atoms with Crippen LogP contribution in [-0.4, -0.2) is 40.2 Å². The van der Waals surface area contributed by atoms with E-state index in [1.165, 1.54) is 0 Å². The highest BCUT2D eigenvalue weighted by atomic mass is 35.5. The van der Waals surface area contributed by atoms with Gasteiger partial charge in [-0.1, -0.05) is 11.6 Å². The first-order chi connectivity index (χ1) is 15.3. The fourth-order valence-electron chi connectivity index (χ4n) is 4.74. The third-order valence-electron chi connectivity index (χ3n) is 6.89. The Morgan fingerprint density at radius 3 is 2.59 bits per heavy atom. The molecule has 1 amide bonds. The van der Waals surface area contributed by atoms with Crippen LogP contribution in [0.3, 0.4) is 0 Å². The van der Waals surface area contributed by atoms with Crippen molar-refractivity contribution < 1.29 is 9.90 Å². The number of aliphatic hydroxyl groups is 1. The summed E-state index contributed by atoms with van der Waals surface area (Å²) in [6.45, 7) is 5.52. The van der Waals surface area contributed by atoms with Crippen molar-refractivity contribution in [1.29, 1.82) is 5.26 Å². The quantitative estimate of drug-likeness (QED) is 0.624. The number of aromatic nitrogens is 1. The molecule has 5 nitrogen and oxygen atoms in total. The van der Waals surface area contributed by atoms with Crippen LogP contribution in [0.4, 0.5) is 0 Å². The molecule has 32 heavy (non-hydrogen) atoms. The summed E-state index contributed by atoms with van der Waals surface area (Å²) in [4.78, 5) is 15.1. The highest BCUT2D eigenvalue weighted by Gasteiger charge is 2.25. The zero-order valence-electron chi connectivity index (χ0n) is 18.8. The van der Waals surface area contributed by atoms with Crippen molar-refractivity contribution in [3.63, 3.8) is 0 Å². The number of rotatable bonds is 4. The molecule has 0 atom stereocenters. The molecule has 1 fully saturated rings. The summed E-state index contributed by atoms with van der Waals surface area (Å²) in [5.41, 5.74) is 6.36. The molecule has 0 unspecified atom stereocenters. The van der Waals surface area contributed by atoms with Gasteiger partial charge >= 0.3 is 0 Å². The van der Waals surface area contributed by atoms with Gasteiger partial charge in [-0.05, 0) is 79.6 Å². The van der Waals surface area contributed by atoms with Gasteiger partial charge in [0.05, 0.1) is 11.6 Å². The van der Waals surface area contributed by atoms with Gasteiger partial charge in [-0.25, -0.2) is 0 Å². The van der Waals surface area contributed by atoms with Gasteiger partial charge in [-0.2, -0.15) is 5.26 Å². The summed E-state index contributed by atoms with van der Waals surface area (Å²) in [6.07, 6.45) is 2.27. The molecule has 1 aliphatic rings. The molecule has 1 aromatic heterocycles. The number of likely N-dealkylation sites (tertiary alicyclic amines) is 1.